The normalized spacial score (nSPS) is 23.4. The third kappa shape index (κ3) is 3.09. The highest BCUT2D eigenvalue weighted by Gasteiger charge is 2.32. The van der Waals surface area contributed by atoms with E-state index in [1.165, 1.54) is 0 Å². The molecule has 19 heavy (non-hydrogen) atoms. The van der Waals surface area contributed by atoms with Crippen LogP contribution in [-0.4, -0.2) is 36.9 Å². The number of carboxylic acids is 1. The zero-order valence-electron chi connectivity index (χ0n) is 11.1. The molecule has 4 nitrogen and oxygen atoms in total. The molecule has 0 bridgehead atoms. The quantitative estimate of drug-likeness (QED) is 0.926. The molecule has 0 aromatic heterocycles. The molecule has 1 atom stereocenters. The molecule has 1 aliphatic heterocycles. The number of rotatable bonds is 3. The molecule has 1 fully saturated rings. The topological polar surface area (TPSA) is 49.8 Å². The van der Waals surface area contributed by atoms with Gasteiger partial charge in [0.05, 0.1) is 16.9 Å². The van der Waals surface area contributed by atoms with Crippen LogP contribution in [0.3, 0.4) is 0 Å². The number of carboxylic acid groups (broad SMARTS) is 1. The van der Waals surface area contributed by atoms with Gasteiger partial charge in [0.25, 0.3) is 0 Å². The molecule has 0 amide bonds. The predicted molar refractivity (Wildman–Crippen MR) is 78.0 cm³/mol. The molecule has 1 N–H and O–H groups in total. The van der Waals surface area contributed by atoms with E-state index in [1.807, 2.05) is 6.07 Å². The Morgan fingerprint density at radius 2 is 2.26 bits per heavy atom. The molecule has 1 unspecified atom stereocenters. The Hall–Kier alpha value is -1.07. The number of hydrogen-bond acceptors (Lipinski definition) is 3. The zero-order chi connectivity index (χ0) is 14.0. The summed E-state index contributed by atoms with van der Waals surface area (Å²) in [5.41, 5.74) is 0.879. The van der Waals surface area contributed by atoms with Crippen LogP contribution in [0.4, 0.5) is 5.69 Å². The summed E-state index contributed by atoms with van der Waals surface area (Å²) in [6, 6.07) is 5.26. The maximum absolute atomic E-state index is 11.3. The summed E-state index contributed by atoms with van der Waals surface area (Å²) in [7, 11) is 1.71. The van der Waals surface area contributed by atoms with Crippen molar-refractivity contribution in [3.05, 3.63) is 28.2 Å². The van der Waals surface area contributed by atoms with Crippen LogP contribution in [0.1, 0.15) is 30.1 Å². The second-order valence-corrected chi connectivity index (χ2v) is 6.06. The Labute approximate surface area is 121 Å². The van der Waals surface area contributed by atoms with E-state index in [0.29, 0.717) is 12.1 Å². The molecule has 1 aromatic rings. The number of anilines is 1. The van der Waals surface area contributed by atoms with Gasteiger partial charge in [0, 0.05) is 24.7 Å². The van der Waals surface area contributed by atoms with Crippen molar-refractivity contribution >= 4 is 27.6 Å². The average Bonchev–Trinajstić information content (AvgIpc) is 2.38. The smallest absolute Gasteiger partial charge is 0.337 e. The predicted octanol–water partition coefficient (Wildman–Crippen LogP) is 3.15. The lowest BCUT2D eigenvalue weighted by Crippen LogP contribution is -2.47. The van der Waals surface area contributed by atoms with Gasteiger partial charge in [0.2, 0.25) is 0 Å². The van der Waals surface area contributed by atoms with Gasteiger partial charge in [-0.3, -0.25) is 0 Å². The van der Waals surface area contributed by atoms with Crippen LogP contribution < -0.4 is 4.90 Å². The van der Waals surface area contributed by atoms with Gasteiger partial charge in [0.1, 0.15) is 0 Å². The van der Waals surface area contributed by atoms with Gasteiger partial charge >= 0.3 is 5.97 Å². The van der Waals surface area contributed by atoms with Gasteiger partial charge in [-0.2, -0.15) is 0 Å². The number of aromatic carboxylic acids is 1. The minimum atomic E-state index is -0.896. The molecule has 5 heteroatoms. The van der Waals surface area contributed by atoms with Crippen molar-refractivity contribution in [3.63, 3.8) is 0 Å². The van der Waals surface area contributed by atoms with Crippen molar-refractivity contribution in [2.75, 3.05) is 25.1 Å². The van der Waals surface area contributed by atoms with E-state index < -0.39 is 5.97 Å². The lowest BCUT2D eigenvalue weighted by atomic mass is 9.94. The van der Waals surface area contributed by atoms with E-state index in [9.17, 15) is 9.90 Å². The standard InChI is InChI=1S/C14H18BrNO3/c1-14(19-2)6-3-7-16(9-14)12-8-10(15)4-5-11(12)13(17)18/h4-5,8H,3,6-7,9H2,1-2H3,(H,17,18). The van der Waals surface area contributed by atoms with Crippen molar-refractivity contribution in [1.29, 1.82) is 0 Å². The monoisotopic (exact) mass is 327 g/mol. The summed E-state index contributed by atoms with van der Waals surface area (Å²) >= 11 is 3.41. The first-order valence-electron chi connectivity index (χ1n) is 6.28. The van der Waals surface area contributed by atoms with Crippen molar-refractivity contribution in [2.45, 2.75) is 25.4 Å². The Bertz CT molecular complexity index is 492. The van der Waals surface area contributed by atoms with Crippen molar-refractivity contribution in [1.82, 2.24) is 0 Å². The fourth-order valence-corrected chi connectivity index (χ4v) is 2.87. The molecule has 0 radical (unpaired) electrons. The molecular formula is C14H18BrNO3. The van der Waals surface area contributed by atoms with Crippen molar-refractivity contribution < 1.29 is 14.6 Å². The third-order valence-corrected chi connectivity index (χ3v) is 4.18. The molecule has 0 aliphatic carbocycles. The molecular weight excluding hydrogens is 310 g/mol. The van der Waals surface area contributed by atoms with E-state index in [4.69, 9.17) is 4.74 Å². The molecule has 1 heterocycles. The van der Waals surface area contributed by atoms with Gasteiger partial charge < -0.3 is 14.7 Å². The van der Waals surface area contributed by atoms with Crippen LogP contribution in [0.2, 0.25) is 0 Å². The SMILES string of the molecule is COC1(C)CCCN(c2cc(Br)ccc2C(=O)O)C1. The molecule has 1 aliphatic rings. The van der Waals surface area contributed by atoms with Crippen molar-refractivity contribution in [2.24, 2.45) is 0 Å². The van der Waals surface area contributed by atoms with Gasteiger partial charge in [0.15, 0.2) is 0 Å². The third-order valence-electron chi connectivity index (χ3n) is 3.68. The van der Waals surface area contributed by atoms with Gasteiger partial charge in [-0.15, -0.1) is 0 Å². The van der Waals surface area contributed by atoms with Crippen molar-refractivity contribution in [3.8, 4) is 0 Å². The second-order valence-electron chi connectivity index (χ2n) is 5.15. The van der Waals surface area contributed by atoms with E-state index in [2.05, 4.69) is 27.8 Å². The van der Waals surface area contributed by atoms with Crippen LogP contribution in [0.15, 0.2) is 22.7 Å². The number of piperidine rings is 1. The summed E-state index contributed by atoms with van der Waals surface area (Å²) in [6.07, 6.45) is 1.99. The summed E-state index contributed by atoms with van der Waals surface area (Å²) in [6.45, 7) is 3.63. The maximum Gasteiger partial charge on any atom is 0.337 e. The van der Waals surface area contributed by atoms with E-state index >= 15 is 0 Å². The Morgan fingerprint density at radius 1 is 1.53 bits per heavy atom. The summed E-state index contributed by atoms with van der Waals surface area (Å²) in [5, 5.41) is 9.30. The van der Waals surface area contributed by atoms with E-state index in [0.717, 1.165) is 29.5 Å². The van der Waals surface area contributed by atoms with E-state index in [1.54, 1.807) is 19.2 Å². The first-order chi connectivity index (χ1) is 8.95. The maximum atomic E-state index is 11.3. The van der Waals surface area contributed by atoms with Gasteiger partial charge in [-0.05, 0) is 38.0 Å². The summed E-state index contributed by atoms with van der Waals surface area (Å²) in [4.78, 5) is 13.4. The van der Waals surface area contributed by atoms with Crippen LogP contribution >= 0.6 is 15.9 Å². The lowest BCUT2D eigenvalue weighted by Gasteiger charge is -2.41. The highest BCUT2D eigenvalue weighted by Crippen LogP contribution is 2.32. The first kappa shape index (κ1) is 14.3. The molecule has 1 saturated heterocycles. The molecule has 1 aromatic carbocycles. The fraction of sp³-hybridized carbons (Fsp3) is 0.500. The molecule has 104 valence electrons. The van der Waals surface area contributed by atoms with Gasteiger partial charge in [-0.1, -0.05) is 15.9 Å². The molecule has 2 rings (SSSR count). The largest absolute Gasteiger partial charge is 0.478 e. The number of nitrogens with zero attached hydrogens (tertiary/aromatic N) is 1. The average molecular weight is 328 g/mol. The van der Waals surface area contributed by atoms with Crippen LogP contribution in [0, 0.1) is 0 Å². The highest BCUT2D eigenvalue weighted by molar-refractivity contribution is 9.10. The lowest BCUT2D eigenvalue weighted by molar-refractivity contribution is -0.00472. The van der Waals surface area contributed by atoms with Gasteiger partial charge in [-0.25, -0.2) is 4.79 Å². The number of hydrogen-bond donors (Lipinski definition) is 1. The minimum absolute atomic E-state index is 0.212. The fourth-order valence-electron chi connectivity index (χ4n) is 2.53. The molecule has 0 spiro atoms. The number of carbonyl (C=O) groups is 1. The second kappa shape index (κ2) is 5.51. The zero-order valence-corrected chi connectivity index (χ0v) is 12.7. The molecule has 0 saturated carbocycles. The highest BCUT2D eigenvalue weighted by atomic mass is 79.9. The van der Waals surface area contributed by atoms with E-state index in [-0.39, 0.29) is 5.60 Å². The van der Waals surface area contributed by atoms with Crippen LogP contribution in [-0.2, 0) is 4.74 Å². The number of ether oxygens (including phenoxy) is 1. The number of methoxy groups -OCH3 is 1. The summed E-state index contributed by atoms with van der Waals surface area (Å²) < 4.78 is 6.45. The first-order valence-corrected chi connectivity index (χ1v) is 7.07. The van der Waals surface area contributed by atoms with Crippen LogP contribution in [0.25, 0.3) is 0 Å². The minimum Gasteiger partial charge on any atom is -0.478 e. The Morgan fingerprint density at radius 3 is 2.89 bits per heavy atom. The number of benzene rings is 1. The Kier molecular flexibility index (Phi) is 4.16. The van der Waals surface area contributed by atoms with Crippen LogP contribution in [0.5, 0.6) is 0 Å². The Balaban J connectivity index is 2.35. The summed E-state index contributed by atoms with van der Waals surface area (Å²) in [5.74, 6) is -0.896. The number of halogens is 1.